The quantitative estimate of drug-likeness (QED) is 0.480. The minimum Gasteiger partial charge on any atom is -0.463 e. The van der Waals surface area contributed by atoms with E-state index < -0.39 is 0 Å². The zero-order valence-corrected chi connectivity index (χ0v) is 8.06. The molecule has 3 rings (SSSR count). The Balaban J connectivity index is 2.01. The second-order valence-corrected chi connectivity index (χ2v) is 3.02. The van der Waals surface area contributed by atoms with Crippen LogP contribution in [0.1, 0.15) is 5.76 Å². The molecule has 16 heavy (non-hydrogen) atoms. The summed E-state index contributed by atoms with van der Waals surface area (Å²) < 4.78 is 6.67. The first-order chi connectivity index (χ1) is 7.84. The Morgan fingerprint density at radius 1 is 1.44 bits per heavy atom. The van der Waals surface area contributed by atoms with Crippen molar-refractivity contribution in [2.24, 2.45) is 4.99 Å². The van der Waals surface area contributed by atoms with Crippen molar-refractivity contribution < 1.29 is 4.42 Å². The lowest BCUT2D eigenvalue weighted by Gasteiger charge is -1.85. The Hall–Kier alpha value is -2.64. The minimum absolute atomic E-state index is 0.392. The number of fused-ring (bicyclic) bond motifs is 1. The number of hydrogen-bond acceptors (Lipinski definition) is 6. The molecule has 0 aliphatic rings. The molecule has 0 aliphatic carbocycles. The fourth-order valence-electron chi connectivity index (χ4n) is 1.27. The number of furan rings is 1. The Labute approximate surface area is 89.0 Å². The molecule has 80 valence electrons. The Bertz CT molecular complexity index is 632. The molecular weight excluding hydrogens is 210 g/mol. The molecule has 0 aromatic carbocycles. The Kier molecular flexibility index (Phi) is 1.72. The SMILES string of the molecule is Nn1ncn2c(N=Cc3ccco3)nnc12. The summed E-state index contributed by atoms with van der Waals surface area (Å²) in [5.74, 6) is 6.94. The molecule has 0 unspecified atom stereocenters. The number of rotatable bonds is 2. The predicted octanol–water partition coefficient (Wildman–Crippen LogP) is -0.0168. The van der Waals surface area contributed by atoms with Gasteiger partial charge in [0.1, 0.15) is 12.1 Å². The lowest BCUT2D eigenvalue weighted by Crippen LogP contribution is -2.09. The van der Waals surface area contributed by atoms with Crippen molar-refractivity contribution in [3.63, 3.8) is 0 Å². The van der Waals surface area contributed by atoms with Gasteiger partial charge in [-0.1, -0.05) is 0 Å². The maximum Gasteiger partial charge on any atom is 0.274 e. The zero-order chi connectivity index (χ0) is 11.0. The summed E-state index contributed by atoms with van der Waals surface area (Å²) in [6.45, 7) is 0. The first kappa shape index (κ1) is 8.65. The van der Waals surface area contributed by atoms with E-state index in [9.17, 15) is 0 Å². The van der Waals surface area contributed by atoms with E-state index in [-0.39, 0.29) is 0 Å². The summed E-state index contributed by atoms with van der Waals surface area (Å²) >= 11 is 0. The summed E-state index contributed by atoms with van der Waals surface area (Å²) in [6.07, 6.45) is 4.60. The van der Waals surface area contributed by atoms with E-state index >= 15 is 0 Å². The van der Waals surface area contributed by atoms with E-state index in [2.05, 4.69) is 20.3 Å². The van der Waals surface area contributed by atoms with Gasteiger partial charge in [0.25, 0.3) is 11.7 Å². The van der Waals surface area contributed by atoms with Crippen molar-refractivity contribution in [2.75, 3.05) is 5.84 Å². The summed E-state index contributed by atoms with van der Waals surface area (Å²) in [4.78, 5) is 5.24. The second kappa shape index (κ2) is 3.19. The van der Waals surface area contributed by atoms with Crippen LogP contribution in [0.25, 0.3) is 5.78 Å². The molecule has 0 fully saturated rings. The molecule has 0 aliphatic heterocycles. The summed E-state index contributed by atoms with van der Waals surface area (Å²) in [5, 5.41) is 11.5. The molecule has 3 heterocycles. The largest absolute Gasteiger partial charge is 0.463 e. The topological polar surface area (TPSA) is 99.5 Å². The van der Waals surface area contributed by atoms with Crippen LogP contribution in [0.5, 0.6) is 0 Å². The monoisotopic (exact) mass is 217 g/mol. The number of nitrogens with zero attached hydrogens (tertiary/aromatic N) is 6. The van der Waals surface area contributed by atoms with Gasteiger partial charge in [0.15, 0.2) is 0 Å². The van der Waals surface area contributed by atoms with E-state index in [1.54, 1.807) is 29.0 Å². The highest BCUT2D eigenvalue weighted by Gasteiger charge is 2.07. The van der Waals surface area contributed by atoms with Gasteiger partial charge in [0.2, 0.25) is 0 Å². The third kappa shape index (κ3) is 1.24. The third-order valence-corrected chi connectivity index (χ3v) is 2.01. The minimum atomic E-state index is 0.392. The average molecular weight is 217 g/mol. The first-order valence-corrected chi connectivity index (χ1v) is 4.46. The molecule has 8 heteroatoms. The van der Waals surface area contributed by atoms with Gasteiger partial charge in [0.05, 0.1) is 12.5 Å². The lowest BCUT2D eigenvalue weighted by molar-refractivity contribution is 0.560. The van der Waals surface area contributed by atoms with E-state index in [4.69, 9.17) is 10.3 Å². The Morgan fingerprint density at radius 3 is 3.19 bits per heavy atom. The molecule has 2 N–H and O–H groups in total. The standard InChI is InChI=1S/C8H7N7O/c9-15-8-13-12-7(14(8)5-11-15)10-4-6-2-1-3-16-6/h1-5H,9H2. The van der Waals surface area contributed by atoms with Crippen LogP contribution in [-0.2, 0) is 0 Å². The van der Waals surface area contributed by atoms with Crippen molar-refractivity contribution in [1.29, 1.82) is 0 Å². The Morgan fingerprint density at radius 2 is 2.38 bits per heavy atom. The average Bonchev–Trinajstić information content (AvgIpc) is 2.96. The smallest absolute Gasteiger partial charge is 0.274 e. The molecule has 0 atom stereocenters. The van der Waals surface area contributed by atoms with Gasteiger partial charge in [0, 0.05) is 0 Å². The number of nitrogen functional groups attached to an aromatic ring is 1. The molecule has 0 radical (unpaired) electrons. The first-order valence-electron chi connectivity index (χ1n) is 4.46. The second-order valence-electron chi connectivity index (χ2n) is 3.02. The molecule has 0 bridgehead atoms. The predicted molar refractivity (Wildman–Crippen MR) is 54.9 cm³/mol. The molecule has 0 saturated heterocycles. The van der Waals surface area contributed by atoms with Crippen molar-refractivity contribution in [3.8, 4) is 0 Å². The molecule has 3 aromatic heterocycles. The van der Waals surface area contributed by atoms with Crippen molar-refractivity contribution >= 4 is 17.9 Å². The van der Waals surface area contributed by atoms with Gasteiger partial charge in [-0.05, 0) is 12.1 Å². The van der Waals surface area contributed by atoms with E-state index in [1.165, 1.54) is 6.33 Å². The molecule has 0 spiro atoms. The van der Waals surface area contributed by atoms with Gasteiger partial charge in [-0.25, -0.2) is 9.39 Å². The third-order valence-electron chi connectivity index (χ3n) is 2.01. The van der Waals surface area contributed by atoms with E-state index in [1.807, 2.05) is 0 Å². The van der Waals surface area contributed by atoms with Crippen molar-refractivity contribution in [2.45, 2.75) is 0 Å². The van der Waals surface area contributed by atoms with Gasteiger partial charge in [-0.3, -0.25) is 0 Å². The van der Waals surface area contributed by atoms with E-state index in [0.717, 1.165) is 4.79 Å². The number of aliphatic imine (C=N–C) groups is 1. The normalized spacial score (nSPS) is 11.8. The fourth-order valence-corrected chi connectivity index (χ4v) is 1.27. The maximum atomic E-state index is 5.49. The van der Waals surface area contributed by atoms with Gasteiger partial charge in [-0.15, -0.1) is 20.1 Å². The summed E-state index contributed by atoms with van der Waals surface area (Å²) in [5.41, 5.74) is 0. The van der Waals surface area contributed by atoms with Crippen LogP contribution < -0.4 is 5.84 Å². The fraction of sp³-hybridized carbons (Fsp3) is 0. The van der Waals surface area contributed by atoms with Crippen LogP contribution >= 0.6 is 0 Å². The highest BCUT2D eigenvalue weighted by molar-refractivity contribution is 5.77. The molecule has 0 saturated carbocycles. The molecule has 0 amide bonds. The van der Waals surface area contributed by atoms with Crippen LogP contribution in [0.4, 0.5) is 5.95 Å². The molecular formula is C8H7N7O. The van der Waals surface area contributed by atoms with Crippen LogP contribution in [0.2, 0.25) is 0 Å². The highest BCUT2D eigenvalue weighted by Crippen LogP contribution is 2.09. The van der Waals surface area contributed by atoms with Gasteiger partial charge in [-0.2, -0.15) is 0 Å². The summed E-state index contributed by atoms with van der Waals surface area (Å²) in [7, 11) is 0. The highest BCUT2D eigenvalue weighted by atomic mass is 16.3. The van der Waals surface area contributed by atoms with E-state index in [0.29, 0.717) is 17.5 Å². The van der Waals surface area contributed by atoms with Crippen LogP contribution in [0.15, 0.2) is 34.1 Å². The van der Waals surface area contributed by atoms with Crippen LogP contribution in [-0.4, -0.2) is 30.7 Å². The summed E-state index contributed by atoms with van der Waals surface area (Å²) in [6, 6.07) is 3.56. The molecule has 3 aromatic rings. The number of nitrogens with two attached hydrogens (primary N) is 1. The zero-order valence-electron chi connectivity index (χ0n) is 8.06. The number of hydrogen-bond donors (Lipinski definition) is 1. The van der Waals surface area contributed by atoms with Gasteiger partial charge < -0.3 is 10.3 Å². The van der Waals surface area contributed by atoms with Crippen molar-refractivity contribution in [1.82, 2.24) is 24.5 Å². The molecule has 8 nitrogen and oxygen atoms in total. The lowest BCUT2D eigenvalue weighted by atomic mass is 10.5. The maximum absolute atomic E-state index is 5.49. The van der Waals surface area contributed by atoms with Crippen LogP contribution in [0, 0.1) is 0 Å². The van der Waals surface area contributed by atoms with Crippen molar-refractivity contribution in [3.05, 3.63) is 30.5 Å². The number of aromatic nitrogens is 5. The van der Waals surface area contributed by atoms with Gasteiger partial charge >= 0.3 is 0 Å². The van der Waals surface area contributed by atoms with Crippen LogP contribution in [0.3, 0.4) is 0 Å².